The molecule has 3 heterocycles. The number of carbonyl (C=O) groups is 1. The maximum absolute atomic E-state index is 12.5. The fourth-order valence-electron chi connectivity index (χ4n) is 2.53. The SMILES string of the molecule is O=C(CCNc1ncc(C(F)(F)F)s1)N1CCN(c2ncccn2)CC1. The third kappa shape index (κ3) is 4.59. The summed E-state index contributed by atoms with van der Waals surface area (Å²) in [5.41, 5.74) is 0. The van der Waals surface area contributed by atoms with Crippen LogP contribution in [-0.4, -0.2) is 58.5 Å². The summed E-state index contributed by atoms with van der Waals surface area (Å²) in [7, 11) is 0. The number of aromatic nitrogens is 3. The minimum Gasteiger partial charge on any atom is -0.361 e. The van der Waals surface area contributed by atoms with Crippen LogP contribution in [-0.2, 0) is 11.0 Å². The number of hydrogen-bond donors (Lipinski definition) is 1. The molecule has 1 N–H and O–H groups in total. The predicted octanol–water partition coefficient (Wildman–Crippen LogP) is 2.10. The van der Waals surface area contributed by atoms with Gasteiger partial charge >= 0.3 is 6.18 Å². The van der Waals surface area contributed by atoms with Crippen LogP contribution in [0.1, 0.15) is 11.3 Å². The zero-order valence-corrected chi connectivity index (χ0v) is 14.6. The average Bonchev–Trinajstić information content (AvgIpc) is 3.12. The van der Waals surface area contributed by atoms with E-state index in [2.05, 4.69) is 20.3 Å². The molecule has 1 aliphatic rings. The number of anilines is 2. The first kappa shape index (κ1) is 18.4. The second kappa shape index (κ2) is 7.85. The Morgan fingerprint density at radius 3 is 2.46 bits per heavy atom. The van der Waals surface area contributed by atoms with Crippen LogP contribution in [0.15, 0.2) is 24.7 Å². The first-order valence-electron chi connectivity index (χ1n) is 8.00. The van der Waals surface area contributed by atoms with Crippen molar-refractivity contribution >= 4 is 28.3 Å². The van der Waals surface area contributed by atoms with Crippen LogP contribution >= 0.6 is 11.3 Å². The maximum Gasteiger partial charge on any atom is 0.427 e. The second-order valence-electron chi connectivity index (χ2n) is 5.62. The van der Waals surface area contributed by atoms with Crippen molar-refractivity contribution in [1.29, 1.82) is 0 Å². The minimum absolute atomic E-state index is 0.0428. The zero-order valence-electron chi connectivity index (χ0n) is 13.7. The van der Waals surface area contributed by atoms with Crippen molar-refractivity contribution in [3.63, 3.8) is 0 Å². The average molecular weight is 386 g/mol. The van der Waals surface area contributed by atoms with Crippen LogP contribution in [0.4, 0.5) is 24.3 Å². The number of halogens is 3. The highest BCUT2D eigenvalue weighted by atomic mass is 32.1. The topological polar surface area (TPSA) is 74.2 Å². The van der Waals surface area contributed by atoms with Gasteiger partial charge in [-0.1, -0.05) is 11.3 Å². The highest BCUT2D eigenvalue weighted by molar-refractivity contribution is 7.15. The lowest BCUT2D eigenvalue weighted by Crippen LogP contribution is -2.49. The summed E-state index contributed by atoms with van der Waals surface area (Å²) in [6, 6.07) is 1.75. The van der Waals surface area contributed by atoms with Gasteiger partial charge in [-0.25, -0.2) is 15.0 Å². The summed E-state index contributed by atoms with van der Waals surface area (Å²) in [6.07, 6.45) is -0.0549. The van der Waals surface area contributed by atoms with E-state index in [0.717, 1.165) is 6.20 Å². The molecule has 26 heavy (non-hydrogen) atoms. The number of amides is 1. The standard InChI is InChI=1S/C15H17F3N6OS/c16-15(17,18)11-10-22-14(26-11)21-5-2-12(25)23-6-8-24(9-7-23)13-19-3-1-4-20-13/h1,3-4,10H,2,5-9H2,(H,21,22). The molecule has 0 radical (unpaired) electrons. The maximum atomic E-state index is 12.5. The summed E-state index contributed by atoms with van der Waals surface area (Å²) in [5.74, 6) is 0.601. The van der Waals surface area contributed by atoms with Crippen molar-refractivity contribution in [3.05, 3.63) is 29.5 Å². The predicted molar refractivity (Wildman–Crippen MR) is 91.0 cm³/mol. The number of nitrogens with zero attached hydrogens (tertiary/aromatic N) is 5. The molecule has 140 valence electrons. The summed E-state index contributed by atoms with van der Waals surface area (Å²) >= 11 is 0.532. The van der Waals surface area contributed by atoms with Crippen molar-refractivity contribution in [2.24, 2.45) is 0 Å². The van der Waals surface area contributed by atoms with Crippen molar-refractivity contribution in [1.82, 2.24) is 19.9 Å². The van der Waals surface area contributed by atoms with Crippen molar-refractivity contribution in [2.45, 2.75) is 12.6 Å². The molecule has 3 rings (SSSR count). The van der Waals surface area contributed by atoms with E-state index in [-0.39, 0.29) is 24.0 Å². The monoisotopic (exact) mass is 386 g/mol. The molecule has 2 aromatic rings. The Balaban J connectivity index is 1.41. The number of thiazole rings is 1. The van der Waals surface area contributed by atoms with Crippen LogP contribution in [0, 0.1) is 0 Å². The van der Waals surface area contributed by atoms with Gasteiger partial charge in [0.2, 0.25) is 11.9 Å². The summed E-state index contributed by atoms with van der Waals surface area (Å²) < 4.78 is 37.6. The van der Waals surface area contributed by atoms with Crippen LogP contribution in [0.2, 0.25) is 0 Å². The minimum atomic E-state index is -4.39. The highest BCUT2D eigenvalue weighted by Gasteiger charge is 2.33. The number of carbonyl (C=O) groups excluding carboxylic acids is 1. The Labute approximate surface area is 151 Å². The molecule has 7 nitrogen and oxygen atoms in total. The molecule has 1 saturated heterocycles. The van der Waals surface area contributed by atoms with E-state index in [4.69, 9.17) is 0 Å². The smallest absolute Gasteiger partial charge is 0.361 e. The van der Waals surface area contributed by atoms with Gasteiger partial charge in [-0.2, -0.15) is 13.2 Å². The van der Waals surface area contributed by atoms with Gasteiger partial charge in [-0.3, -0.25) is 4.79 Å². The molecule has 2 aromatic heterocycles. The third-order valence-electron chi connectivity index (χ3n) is 3.87. The lowest BCUT2D eigenvalue weighted by Gasteiger charge is -2.34. The number of piperazine rings is 1. The van der Waals surface area contributed by atoms with E-state index in [1.54, 1.807) is 23.4 Å². The van der Waals surface area contributed by atoms with Gasteiger partial charge in [0, 0.05) is 51.5 Å². The molecule has 1 fully saturated rings. The summed E-state index contributed by atoms with van der Waals surface area (Å²) in [5, 5.41) is 2.93. The van der Waals surface area contributed by atoms with Gasteiger partial charge in [0.1, 0.15) is 4.88 Å². The first-order chi connectivity index (χ1) is 12.4. The highest BCUT2D eigenvalue weighted by Crippen LogP contribution is 2.34. The van der Waals surface area contributed by atoms with Crippen LogP contribution in [0.3, 0.4) is 0 Å². The van der Waals surface area contributed by atoms with Gasteiger partial charge in [-0.15, -0.1) is 0 Å². The van der Waals surface area contributed by atoms with Crippen LogP contribution in [0.25, 0.3) is 0 Å². The van der Waals surface area contributed by atoms with Crippen LogP contribution < -0.4 is 10.2 Å². The number of alkyl halides is 3. The van der Waals surface area contributed by atoms with Crippen molar-refractivity contribution in [2.75, 3.05) is 42.9 Å². The van der Waals surface area contributed by atoms with Gasteiger partial charge in [0.25, 0.3) is 0 Å². The lowest BCUT2D eigenvalue weighted by atomic mass is 10.3. The normalized spacial score (nSPS) is 15.2. The Hall–Kier alpha value is -2.43. The van der Waals surface area contributed by atoms with E-state index < -0.39 is 11.1 Å². The van der Waals surface area contributed by atoms with Gasteiger partial charge < -0.3 is 15.1 Å². The molecular weight excluding hydrogens is 369 g/mol. The Bertz CT molecular complexity index is 730. The fraction of sp³-hybridized carbons (Fsp3) is 0.467. The Morgan fingerprint density at radius 1 is 1.15 bits per heavy atom. The molecule has 11 heteroatoms. The van der Waals surface area contributed by atoms with E-state index in [9.17, 15) is 18.0 Å². The van der Waals surface area contributed by atoms with Crippen molar-refractivity contribution < 1.29 is 18.0 Å². The summed E-state index contributed by atoms with van der Waals surface area (Å²) in [6.45, 7) is 2.65. The fourth-order valence-corrected chi connectivity index (χ4v) is 3.24. The molecular formula is C15H17F3N6OS. The molecule has 0 atom stereocenters. The first-order valence-corrected chi connectivity index (χ1v) is 8.82. The summed E-state index contributed by atoms with van der Waals surface area (Å²) in [4.78, 5) is 27.3. The van der Waals surface area contributed by atoms with E-state index in [0.29, 0.717) is 43.5 Å². The molecule has 0 unspecified atom stereocenters. The van der Waals surface area contributed by atoms with Crippen molar-refractivity contribution in [3.8, 4) is 0 Å². The van der Waals surface area contributed by atoms with Gasteiger partial charge in [0.05, 0.1) is 6.20 Å². The third-order valence-corrected chi connectivity index (χ3v) is 4.87. The number of nitrogens with one attached hydrogen (secondary N) is 1. The lowest BCUT2D eigenvalue weighted by molar-refractivity contribution is -0.134. The van der Waals surface area contributed by atoms with E-state index in [1.165, 1.54) is 0 Å². The molecule has 1 aliphatic heterocycles. The van der Waals surface area contributed by atoms with Gasteiger partial charge in [0.15, 0.2) is 5.13 Å². The molecule has 1 amide bonds. The zero-order chi connectivity index (χ0) is 18.6. The molecule has 0 aliphatic carbocycles. The van der Waals surface area contributed by atoms with E-state index >= 15 is 0 Å². The molecule has 0 spiro atoms. The molecule has 0 aromatic carbocycles. The van der Waals surface area contributed by atoms with E-state index in [1.807, 2.05) is 4.90 Å². The number of rotatable bonds is 5. The number of hydrogen-bond acceptors (Lipinski definition) is 7. The second-order valence-corrected chi connectivity index (χ2v) is 6.65. The Kier molecular flexibility index (Phi) is 5.55. The largest absolute Gasteiger partial charge is 0.427 e. The quantitative estimate of drug-likeness (QED) is 0.848. The molecule has 0 bridgehead atoms. The molecule has 0 saturated carbocycles. The Morgan fingerprint density at radius 2 is 1.85 bits per heavy atom. The van der Waals surface area contributed by atoms with Gasteiger partial charge in [-0.05, 0) is 6.07 Å². The van der Waals surface area contributed by atoms with Crippen LogP contribution in [0.5, 0.6) is 0 Å².